The Morgan fingerprint density at radius 3 is 0.697 bits per heavy atom. The van der Waals surface area contributed by atoms with Crippen molar-refractivity contribution in [1.29, 1.82) is 0 Å². The van der Waals surface area contributed by atoms with Crippen LogP contribution in [0.2, 0.25) is 0 Å². The highest BCUT2D eigenvalue weighted by Gasteiger charge is 2.30. The maximum absolute atomic E-state index is 5.69. The van der Waals surface area contributed by atoms with Crippen molar-refractivity contribution in [1.82, 2.24) is 15.0 Å². The largest absolute Gasteiger partial charge is 0.256 e. The highest BCUT2D eigenvalue weighted by molar-refractivity contribution is 5.75. The average Bonchev–Trinajstić information content (AvgIpc) is 3.27. The minimum Gasteiger partial charge on any atom is -0.256 e. The molecule has 0 amide bonds. The number of nitrogens with zero attached hydrogens (tertiary/aromatic N) is 3. The molecule has 0 aliphatic carbocycles. The molecule has 0 saturated carbocycles. The Bertz CT molecular complexity index is 2860. The Balaban J connectivity index is 1.22. The monoisotopic (exact) mass is 855 g/mol. The van der Waals surface area contributed by atoms with Crippen molar-refractivity contribution >= 4 is 0 Å². The summed E-state index contributed by atoms with van der Waals surface area (Å²) < 4.78 is 0. The van der Waals surface area contributed by atoms with Gasteiger partial charge in [0.1, 0.15) is 0 Å². The van der Waals surface area contributed by atoms with Crippen molar-refractivity contribution in [2.75, 3.05) is 0 Å². The number of rotatable bonds is 6. The number of hydrogen-bond acceptors (Lipinski definition) is 3. The summed E-state index contributed by atoms with van der Waals surface area (Å²) in [5.74, 6) is -0.719. The van der Waals surface area contributed by atoms with Gasteiger partial charge in [-0.2, -0.15) is 0 Å². The first-order chi connectivity index (χ1) is 31.9. The van der Waals surface area contributed by atoms with Gasteiger partial charge in [0.25, 0.3) is 0 Å². The molecule has 66 heavy (non-hydrogen) atoms. The molecule has 1 aliphatic heterocycles. The van der Waals surface area contributed by atoms with Crippen molar-refractivity contribution in [2.45, 2.75) is 80.1 Å². The van der Waals surface area contributed by atoms with Gasteiger partial charge in [-0.15, -0.1) is 0 Å². The molecule has 6 aromatic carbocycles. The van der Waals surface area contributed by atoms with E-state index in [1.54, 1.807) is 0 Å². The van der Waals surface area contributed by atoms with E-state index in [-0.39, 0.29) is 17.8 Å². The molecule has 0 saturated heterocycles. The SMILES string of the molecule is Cc1cc(C)c(-c2cccc(C3c4cccc(n4)C(c4cccc(-c5c(C)cc(C)cc5C)c4)c4cccc(n4)C(c4cccc(-c5c(C)cc(C)cc5C)c4)c4cccc3n4)c2)c(C)c1. The molecule has 6 bridgehead atoms. The van der Waals surface area contributed by atoms with Gasteiger partial charge in [0.15, 0.2) is 0 Å². The van der Waals surface area contributed by atoms with Crippen LogP contribution in [-0.4, -0.2) is 15.0 Å². The number of aromatic nitrogens is 3. The fourth-order valence-electron chi connectivity index (χ4n) is 11.4. The minimum atomic E-state index is -0.240. The number of hydrogen-bond donors (Lipinski definition) is 0. The second-order valence-electron chi connectivity index (χ2n) is 19.0. The van der Waals surface area contributed by atoms with Crippen LogP contribution in [0, 0.1) is 62.3 Å². The van der Waals surface area contributed by atoms with Crippen LogP contribution in [-0.2, 0) is 0 Å². The van der Waals surface area contributed by atoms with Gasteiger partial charge in [0.05, 0.1) is 51.9 Å². The van der Waals surface area contributed by atoms with Crippen molar-refractivity contribution in [3.8, 4) is 33.4 Å². The number of fused-ring (bicyclic) bond motifs is 6. The Kier molecular flexibility index (Phi) is 11.2. The first-order valence-corrected chi connectivity index (χ1v) is 23.3. The second kappa shape index (κ2) is 17.3. The van der Waals surface area contributed by atoms with E-state index < -0.39 is 0 Å². The van der Waals surface area contributed by atoms with Crippen LogP contribution in [0.15, 0.2) is 164 Å². The molecule has 0 N–H and O–H groups in total. The predicted octanol–water partition coefficient (Wildman–Crippen LogP) is 15.5. The molecule has 0 spiro atoms. The molecule has 0 atom stereocenters. The molecule has 3 heteroatoms. The lowest BCUT2D eigenvalue weighted by Gasteiger charge is -2.26. The van der Waals surface area contributed by atoms with E-state index >= 15 is 0 Å². The Morgan fingerprint density at radius 2 is 0.470 bits per heavy atom. The smallest absolute Gasteiger partial charge is 0.0686 e. The van der Waals surface area contributed by atoms with E-state index in [9.17, 15) is 0 Å². The minimum absolute atomic E-state index is 0.240. The maximum Gasteiger partial charge on any atom is 0.0686 e. The topological polar surface area (TPSA) is 38.7 Å². The number of pyridine rings is 3. The van der Waals surface area contributed by atoms with Crippen LogP contribution in [0.4, 0.5) is 0 Å². The lowest BCUT2D eigenvalue weighted by molar-refractivity contribution is 0.772. The molecule has 0 fully saturated rings. The summed E-state index contributed by atoms with van der Waals surface area (Å²) in [5, 5.41) is 0. The Morgan fingerprint density at radius 1 is 0.258 bits per heavy atom. The molecule has 3 nitrogen and oxygen atoms in total. The van der Waals surface area contributed by atoms with E-state index in [2.05, 4.69) is 226 Å². The first-order valence-electron chi connectivity index (χ1n) is 23.3. The van der Waals surface area contributed by atoms with Crippen LogP contribution in [0.3, 0.4) is 0 Å². The molecule has 0 radical (unpaired) electrons. The lowest BCUT2D eigenvalue weighted by atomic mass is 9.84. The van der Waals surface area contributed by atoms with Crippen LogP contribution < -0.4 is 0 Å². The van der Waals surface area contributed by atoms with Gasteiger partial charge in [0, 0.05) is 0 Å². The fraction of sp³-hybridized carbons (Fsp3) is 0.190. The van der Waals surface area contributed by atoms with Gasteiger partial charge in [-0.3, -0.25) is 15.0 Å². The normalized spacial score (nSPS) is 15.5. The summed E-state index contributed by atoms with van der Waals surface area (Å²) in [5.41, 5.74) is 28.1. The molecular formula is C63H57N3. The van der Waals surface area contributed by atoms with Crippen LogP contribution >= 0.6 is 0 Å². The summed E-state index contributed by atoms with van der Waals surface area (Å²) >= 11 is 0. The van der Waals surface area contributed by atoms with E-state index in [4.69, 9.17) is 15.0 Å². The molecule has 9 aromatic rings. The number of benzene rings is 6. The zero-order valence-electron chi connectivity index (χ0n) is 39.7. The highest BCUT2D eigenvalue weighted by Crippen LogP contribution is 2.42. The number of aryl methyl sites for hydroxylation is 9. The third kappa shape index (κ3) is 7.98. The van der Waals surface area contributed by atoms with Crippen molar-refractivity contribution < 1.29 is 0 Å². The third-order valence-electron chi connectivity index (χ3n) is 13.7. The van der Waals surface area contributed by atoms with Crippen molar-refractivity contribution in [3.63, 3.8) is 0 Å². The summed E-state index contributed by atoms with van der Waals surface area (Å²) in [6.07, 6.45) is 0. The Labute approximate surface area is 391 Å². The van der Waals surface area contributed by atoms with E-state index in [1.165, 1.54) is 83.5 Å². The van der Waals surface area contributed by atoms with Crippen molar-refractivity contribution in [2.24, 2.45) is 0 Å². The molecular weight excluding hydrogens is 799 g/mol. The van der Waals surface area contributed by atoms with E-state index in [1.807, 2.05) is 0 Å². The summed E-state index contributed by atoms with van der Waals surface area (Å²) in [7, 11) is 0. The van der Waals surface area contributed by atoms with Gasteiger partial charge < -0.3 is 0 Å². The van der Waals surface area contributed by atoms with Crippen LogP contribution in [0.1, 0.15) is 119 Å². The average molecular weight is 856 g/mol. The molecule has 10 rings (SSSR count). The molecule has 3 aromatic heterocycles. The molecule has 0 unspecified atom stereocenters. The zero-order chi connectivity index (χ0) is 45.8. The summed E-state index contributed by atoms with van der Waals surface area (Å²) in [6.45, 7) is 19.9. The fourth-order valence-corrected chi connectivity index (χ4v) is 11.4. The molecule has 1 aliphatic rings. The van der Waals surface area contributed by atoms with Crippen molar-refractivity contribution in [3.05, 3.63) is 265 Å². The van der Waals surface area contributed by atoms with Gasteiger partial charge in [-0.1, -0.05) is 144 Å². The van der Waals surface area contributed by atoms with Crippen LogP contribution in [0.5, 0.6) is 0 Å². The third-order valence-corrected chi connectivity index (χ3v) is 13.7. The van der Waals surface area contributed by atoms with E-state index in [0.29, 0.717) is 0 Å². The van der Waals surface area contributed by atoms with Gasteiger partial charge in [-0.05, 0) is 182 Å². The van der Waals surface area contributed by atoms with Crippen LogP contribution in [0.25, 0.3) is 33.4 Å². The standard InChI is InChI=1S/C63H57N3/c1-37-28-40(4)58(41(5)29-37)46-16-10-19-49(34-46)61-52-22-13-24-54(64-52)62(50-20-11-17-47(35-50)59-42(6)30-38(2)31-43(59)7)56-26-15-27-57(66-56)63(55-25-14-23-53(61)65-55)51-21-12-18-48(36-51)60-44(8)32-39(3)33-45(60)9/h10-36,61-63H,1-9H3. The van der Waals surface area contributed by atoms with E-state index in [0.717, 1.165) is 50.9 Å². The first kappa shape index (κ1) is 42.7. The lowest BCUT2D eigenvalue weighted by Crippen LogP contribution is -2.17. The van der Waals surface area contributed by atoms with Gasteiger partial charge in [0.2, 0.25) is 0 Å². The zero-order valence-corrected chi connectivity index (χ0v) is 39.7. The van der Waals surface area contributed by atoms with Gasteiger partial charge in [-0.25, -0.2) is 0 Å². The Hall–Kier alpha value is -7.23. The quantitative estimate of drug-likeness (QED) is 0.167. The predicted molar refractivity (Wildman–Crippen MR) is 274 cm³/mol. The summed E-state index contributed by atoms with van der Waals surface area (Å²) in [6, 6.07) is 60.6. The van der Waals surface area contributed by atoms with Gasteiger partial charge >= 0.3 is 0 Å². The molecule has 324 valence electrons. The highest BCUT2D eigenvalue weighted by atomic mass is 14.8. The maximum atomic E-state index is 5.69. The molecule has 4 heterocycles. The second-order valence-corrected chi connectivity index (χ2v) is 19.0. The summed E-state index contributed by atoms with van der Waals surface area (Å²) in [4.78, 5) is 17.1.